The molecule has 0 amide bonds. The van der Waals surface area contributed by atoms with Crippen LogP contribution in [0.25, 0.3) is 0 Å². The van der Waals surface area contributed by atoms with Gasteiger partial charge in [-0.05, 0) is 50.7 Å². The standard InChI is InChI=1S/C17H20BrF5O4S/c1-11-14(18)3-2-4-15(11)27-13-7-5-12(6-8-13)9-16(19,20)10-26-28(24,25)17(21,22)23/h2-4,12-13H,5-10H2,1H3. The lowest BCUT2D eigenvalue weighted by atomic mass is 9.83. The molecule has 0 spiro atoms. The van der Waals surface area contributed by atoms with Crippen molar-refractivity contribution in [3.05, 3.63) is 28.2 Å². The van der Waals surface area contributed by atoms with Crippen LogP contribution < -0.4 is 4.74 Å². The van der Waals surface area contributed by atoms with Gasteiger partial charge in [-0.3, -0.25) is 4.18 Å². The van der Waals surface area contributed by atoms with E-state index >= 15 is 0 Å². The molecule has 2 rings (SSSR count). The van der Waals surface area contributed by atoms with E-state index in [1.54, 1.807) is 0 Å². The van der Waals surface area contributed by atoms with Gasteiger partial charge in [-0.2, -0.15) is 21.6 Å². The highest BCUT2D eigenvalue weighted by atomic mass is 79.9. The van der Waals surface area contributed by atoms with Crippen molar-refractivity contribution in [3.8, 4) is 5.75 Å². The highest BCUT2D eigenvalue weighted by Gasteiger charge is 2.49. The van der Waals surface area contributed by atoms with Gasteiger partial charge in [0.05, 0.1) is 6.10 Å². The van der Waals surface area contributed by atoms with Gasteiger partial charge >= 0.3 is 15.6 Å². The zero-order chi connectivity index (χ0) is 21.2. The quantitative estimate of drug-likeness (QED) is 0.281. The third kappa shape index (κ3) is 6.28. The molecule has 1 saturated carbocycles. The first-order valence-corrected chi connectivity index (χ1v) is 10.8. The van der Waals surface area contributed by atoms with Gasteiger partial charge in [-0.15, -0.1) is 0 Å². The first-order chi connectivity index (χ1) is 12.8. The van der Waals surface area contributed by atoms with E-state index in [0.717, 1.165) is 10.0 Å². The van der Waals surface area contributed by atoms with Crippen LogP contribution in [0.4, 0.5) is 22.0 Å². The summed E-state index contributed by atoms with van der Waals surface area (Å²) in [6, 6.07) is 5.52. The van der Waals surface area contributed by atoms with Gasteiger partial charge in [-0.1, -0.05) is 22.0 Å². The number of hydrogen-bond donors (Lipinski definition) is 0. The summed E-state index contributed by atoms with van der Waals surface area (Å²) in [5.74, 6) is -3.41. The second-order valence-corrected chi connectivity index (χ2v) is 9.31. The molecule has 4 nitrogen and oxygen atoms in total. The Morgan fingerprint density at radius 1 is 1.11 bits per heavy atom. The average Bonchev–Trinajstić information content (AvgIpc) is 2.58. The molecule has 0 N–H and O–H groups in total. The second kappa shape index (κ2) is 8.83. The predicted octanol–water partition coefficient (Wildman–Crippen LogP) is 5.59. The van der Waals surface area contributed by atoms with Crippen LogP contribution in [0.2, 0.25) is 0 Å². The molecule has 28 heavy (non-hydrogen) atoms. The number of alkyl halides is 5. The summed E-state index contributed by atoms with van der Waals surface area (Å²) in [7, 11) is -6.03. The lowest BCUT2D eigenvalue weighted by Crippen LogP contribution is -2.34. The average molecular weight is 495 g/mol. The molecule has 0 saturated heterocycles. The molecule has 1 fully saturated rings. The van der Waals surface area contributed by atoms with E-state index in [4.69, 9.17) is 4.74 Å². The minimum Gasteiger partial charge on any atom is -0.490 e. The predicted molar refractivity (Wildman–Crippen MR) is 95.7 cm³/mol. The molecule has 0 unspecified atom stereocenters. The van der Waals surface area contributed by atoms with Crippen molar-refractivity contribution in [2.45, 2.75) is 56.6 Å². The Kier molecular flexibility index (Phi) is 7.36. The van der Waals surface area contributed by atoms with Gasteiger partial charge in [0.25, 0.3) is 5.92 Å². The van der Waals surface area contributed by atoms with Crippen LogP contribution >= 0.6 is 15.9 Å². The Morgan fingerprint density at radius 3 is 2.29 bits per heavy atom. The summed E-state index contributed by atoms with van der Waals surface area (Å²) >= 11 is 3.41. The van der Waals surface area contributed by atoms with Crippen molar-refractivity contribution in [3.63, 3.8) is 0 Å². The van der Waals surface area contributed by atoms with Crippen molar-refractivity contribution < 1.29 is 39.3 Å². The van der Waals surface area contributed by atoms with E-state index in [2.05, 4.69) is 20.1 Å². The summed E-state index contributed by atoms with van der Waals surface area (Å²) in [6.45, 7) is 0.0725. The van der Waals surface area contributed by atoms with Crippen LogP contribution in [0.1, 0.15) is 37.7 Å². The van der Waals surface area contributed by atoms with Crippen molar-refractivity contribution in [1.82, 2.24) is 0 Å². The van der Waals surface area contributed by atoms with Gasteiger partial charge in [0.2, 0.25) is 0 Å². The van der Waals surface area contributed by atoms with E-state index < -0.39 is 40.5 Å². The van der Waals surface area contributed by atoms with Gasteiger partial charge in [0.15, 0.2) is 0 Å². The first-order valence-electron chi connectivity index (χ1n) is 8.56. The summed E-state index contributed by atoms with van der Waals surface area (Å²) in [5, 5.41) is 0. The summed E-state index contributed by atoms with van der Waals surface area (Å²) < 4.78 is 96.1. The number of ether oxygens (including phenoxy) is 1. The minimum atomic E-state index is -6.03. The van der Waals surface area contributed by atoms with Crippen LogP contribution in [-0.4, -0.2) is 32.6 Å². The largest absolute Gasteiger partial charge is 0.523 e. The topological polar surface area (TPSA) is 52.6 Å². The number of benzene rings is 1. The highest BCUT2D eigenvalue weighted by molar-refractivity contribution is 9.10. The summed E-state index contributed by atoms with van der Waals surface area (Å²) in [5.41, 5.74) is -4.79. The lowest BCUT2D eigenvalue weighted by molar-refractivity contribution is -0.0826. The maximum Gasteiger partial charge on any atom is 0.523 e. The third-order valence-corrected chi connectivity index (χ3v) is 6.46. The molecule has 11 heteroatoms. The zero-order valence-electron chi connectivity index (χ0n) is 14.9. The van der Waals surface area contributed by atoms with E-state index in [1.165, 1.54) is 0 Å². The van der Waals surface area contributed by atoms with E-state index in [-0.39, 0.29) is 6.10 Å². The molecule has 0 radical (unpaired) electrons. The van der Waals surface area contributed by atoms with Crippen molar-refractivity contribution in [2.75, 3.05) is 6.61 Å². The molecule has 0 aromatic heterocycles. The Labute approximate surface area is 168 Å². The van der Waals surface area contributed by atoms with Crippen molar-refractivity contribution >= 4 is 26.0 Å². The molecule has 1 aliphatic carbocycles. The Hall–Kier alpha value is -0.940. The van der Waals surface area contributed by atoms with Gasteiger partial charge in [-0.25, -0.2) is 8.78 Å². The molecular formula is C17H20BrF5O4S. The lowest BCUT2D eigenvalue weighted by Gasteiger charge is -2.31. The van der Waals surface area contributed by atoms with E-state index in [9.17, 15) is 30.4 Å². The summed E-state index contributed by atoms with van der Waals surface area (Å²) in [4.78, 5) is 0. The SMILES string of the molecule is Cc1c(Br)cccc1OC1CCC(CC(F)(F)COS(=O)(=O)C(F)(F)F)CC1. The van der Waals surface area contributed by atoms with Crippen molar-refractivity contribution in [1.29, 1.82) is 0 Å². The normalized spacial score (nSPS) is 21.5. The van der Waals surface area contributed by atoms with Gasteiger partial charge in [0.1, 0.15) is 12.4 Å². The van der Waals surface area contributed by atoms with Gasteiger partial charge < -0.3 is 4.74 Å². The smallest absolute Gasteiger partial charge is 0.490 e. The molecule has 0 bridgehead atoms. The van der Waals surface area contributed by atoms with Crippen LogP contribution in [0, 0.1) is 12.8 Å². The Bertz CT molecular complexity index is 774. The minimum absolute atomic E-state index is 0.139. The molecular weight excluding hydrogens is 475 g/mol. The van der Waals surface area contributed by atoms with E-state index in [1.807, 2.05) is 25.1 Å². The van der Waals surface area contributed by atoms with Gasteiger partial charge in [0, 0.05) is 16.5 Å². The maximum absolute atomic E-state index is 13.9. The molecule has 0 heterocycles. The fourth-order valence-corrected chi connectivity index (χ4v) is 3.87. The van der Waals surface area contributed by atoms with Crippen LogP contribution in [-0.2, 0) is 14.3 Å². The fourth-order valence-electron chi connectivity index (χ4n) is 3.06. The monoisotopic (exact) mass is 494 g/mol. The van der Waals surface area contributed by atoms with Crippen LogP contribution in [0.5, 0.6) is 5.75 Å². The molecule has 0 aliphatic heterocycles. The van der Waals surface area contributed by atoms with Crippen LogP contribution in [0.3, 0.4) is 0 Å². The fraction of sp³-hybridized carbons (Fsp3) is 0.647. The molecule has 1 aliphatic rings. The molecule has 0 atom stereocenters. The first kappa shape index (κ1) is 23.3. The van der Waals surface area contributed by atoms with Crippen molar-refractivity contribution in [2.24, 2.45) is 5.92 Å². The number of halogens is 6. The molecule has 1 aromatic carbocycles. The van der Waals surface area contributed by atoms with Crippen LogP contribution in [0.15, 0.2) is 22.7 Å². The Balaban J connectivity index is 1.83. The third-order valence-electron chi connectivity index (χ3n) is 4.60. The number of hydrogen-bond acceptors (Lipinski definition) is 4. The maximum atomic E-state index is 13.9. The Morgan fingerprint density at radius 2 is 1.71 bits per heavy atom. The molecule has 1 aromatic rings. The molecule has 160 valence electrons. The van der Waals surface area contributed by atoms with E-state index in [0.29, 0.717) is 31.4 Å². The highest BCUT2D eigenvalue weighted by Crippen LogP contribution is 2.37. The number of rotatable bonds is 7. The zero-order valence-corrected chi connectivity index (χ0v) is 17.3. The summed E-state index contributed by atoms with van der Waals surface area (Å²) in [6.07, 6.45) is 0.976. The second-order valence-electron chi connectivity index (χ2n) is 6.85.